The minimum Gasteiger partial charge on any atom is -0.391 e. The number of carbonyl (C=O) groups is 1. The summed E-state index contributed by atoms with van der Waals surface area (Å²) in [6.07, 6.45) is 12.3. The summed E-state index contributed by atoms with van der Waals surface area (Å²) in [6.45, 7) is 3.90. The zero-order valence-corrected chi connectivity index (χ0v) is 17.2. The first-order valence-electron chi connectivity index (χ1n) is 9.99. The summed E-state index contributed by atoms with van der Waals surface area (Å²) in [7, 11) is 0. The molecule has 3 rings (SSSR count). The molecule has 150 valence electrons. The molecule has 1 aliphatic carbocycles. The molecule has 2 heterocycles. The van der Waals surface area contributed by atoms with Crippen molar-refractivity contribution in [3.63, 3.8) is 0 Å². The van der Waals surface area contributed by atoms with Gasteiger partial charge in [0.05, 0.1) is 17.5 Å². The smallest absolute Gasteiger partial charge is 0.270 e. The van der Waals surface area contributed by atoms with Gasteiger partial charge in [-0.3, -0.25) is 9.79 Å². The zero-order chi connectivity index (χ0) is 20.1. The predicted molar refractivity (Wildman–Crippen MR) is 114 cm³/mol. The lowest BCUT2D eigenvalue weighted by molar-refractivity contribution is 0.0713. The Morgan fingerprint density at radius 2 is 2.11 bits per heavy atom. The van der Waals surface area contributed by atoms with Crippen LogP contribution in [0, 0.1) is 0 Å². The predicted octanol–water partition coefficient (Wildman–Crippen LogP) is 2.22. The molecule has 0 aromatic carbocycles. The van der Waals surface area contributed by atoms with Crippen molar-refractivity contribution in [3.05, 3.63) is 39.5 Å². The molecule has 0 bridgehead atoms. The third-order valence-corrected chi connectivity index (χ3v) is 5.68. The molecule has 1 saturated carbocycles. The number of amides is 1. The number of hydrogen-bond acceptors (Lipinski definition) is 4. The molecule has 2 N–H and O–H groups in total. The van der Waals surface area contributed by atoms with Crippen LogP contribution >= 0.6 is 11.6 Å². The van der Waals surface area contributed by atoms with E-state index in [2.05, 4.69) is 21.4 Å². The fourth-order valence-corrected chi connectivity index (χ4v) is 3.99. The fraction of sp³-hybridized carbons (Fsp3) is 0.500. The lowest BCUT2D eigenvalue weighted by Crippen LogP contribution is -2.46. The highest BCUT2D eigenvalue weighted by Gasteiger charge is 2.25. The molecule has 0 spiro atoms. The number of pyridine rings is 1. The number of aliphatic hydroxyl groups is 1. The van der Waals surface area contributed by atoms with Crippen LogP contribution in [0.1, 0.15) is 62.0 Å². The molecule has 1 amide bonds. The molecule has 1 aliphatic heterocycles. The van der Waals surface area contributed by atoms with Gasteiger partial charge in [0.1, 0.15) is 11.2 Å². The largest absolute Gasteiger partial charge is 0.391 e. The molecule has 0 saturated heterocycles. The van der Waals surface area contributed by atoms with E-state index in [1.54, 1.807) is 0 Å². The molecule has 6 heteroatoms. The highest BCUT2D eigenvalue weighted by atomic mass is 35.5. The van der Waals surface area contributed by atoms with E-state index in [0.29, 0.717) is 18.5 Å². The first-order chi connectivity index (χ1) is 13.5. The Morgan fingerprint density at radius 3 is 2.75 bits per heavy atom. The number of halogens is 1. The third-order valence-electron chi connectivity index (χ3n) is 5.39. The van der Waals surface area contributed by atoms with Crippen molar-refractivity contribution < 1.29 is 9.90 Å². The number of dihydropyridines is 1. The summed E-state index contributed by atoms with van der Waals surface area (Å²) in [5.74, 6) is -0.231. The van der Waals surface area contributed by atoms with Crippen LogP contribution in [0.3, 0.4) is 0 Å². The summed E-state index contributed by atoms with van der Waals surface area (Å²) < 4.78 is 0. The Kier molecular flexibility index (Phi) is 7.03. The lowest BCUT2D eigenvalue weighted by atomic mass is 9.92. The fourth-order valence-electron chi connectivity index (χ4n) is 3.84. The molecule has 5 nitrogen and oxygen atoms in total. The van der Waals surface area contributed by atoms with Gasteiger partial charge in [-0.1, -0.05) is 42.7 Å². The highest BCUT2D eigenvalue weighted by molar-refractivity contribution is 6.21. The molecular weight excluding hydrogens is 374 g/mol. The highest BCUT2D eigenvalue weighted by Crippen LogP contribution is 2.19. The summed E-state index contributed by atoms with van der Waals surface area (Å²) in [5.41, 5.74) is 2.31. The van der Waals surface area contributed by atoms with Gasteiger partial charge in [0, 0.05) is 12.6 Å². The molecule has 0 radical (unpaired) electrons. The molecule has 3 atom stereocenters. The summed E-state index contributed by atoms with van der Waals surface area (Å²) >= 11 is 6.03. The Morgan fingerprint density at radius 1 is 1.32 bits per heavy atom. The zero-order valence-electron chi connectivity index (χ0n) is 16.5. The van der Waals surface area contributed by atoms with Crippen molar-refractivity contribution in [3.8, 4) is 0 Å². The van der Waals surface area contributed by atoms with E-state index in [0.717, 1.165) is 47.4 Å². The second kappa shape index (κ2) is 9.48. The van der Waals surface area contributed by atoms with Crippen molar-refractivity contribution in [1.82, 2.24) is 10.3 Å². The Hall–Kier alpha value is -1.98. The molecule has 3 unspecified atom stereocenters. The molecule has 2 aliphatic rings. The van der Waals surface area contributed by atoms with E-state index in [4.69, 9.17) is 11.6 Å². The minimum atomic E-state index is -0.482. The second-order valence-electron chi connectivity index (χ2n) is 7.38. The number of hydrogen-bond donors (Lipinski definition) is 2. The van der Waals surface area contributed by atoms with Gasteiger partial charge in [-0.25, -0.2) is 4.98 Å². The van der Waals surface area contributed by atoms with E-state index in [1.807, 2.05) is 38.3 Å². The number of rotatable bonds is 4. The van der Waals surface area contributed by atoms with Crippen LogP contribution in [-0.2, 0) is 6.42 Å². The summed E-state index contributed by atoms with van der Waals surface area (Å²) in [6, 6.07) is 1.65. The first-order valence-corrected chi connectivity index (χ1v) is 10.4. The maximum atomic E-state index is 12.8. The van der Waals surface area contributed by atoms with Gasteiger partial charge < -0.3 is 10.4 Å². The average molecular weight is 402 g/mol. The number of nitrogens with zero attached hydrogens (tertiary/aromatic N) is 2. The van der Waals surface area contributed by atoms with Gasteiger partial charge in [0.15, 0.2) is 0 Å². The maximum absolute atomic E-state index is 12.8. The van der Waals surface area contributed by atoms with Crippen molar-refractivity contribution >= 4 is 35.9 Å². The summed E-state index contributed by atoms with van der Waals surface area (Å²) in [4.78, 5) is 21.7. The lowest BCUT2D eigenvalue weighted by Gasteiger charge is -2.28. The topological polar surface area (TPSA) is 74.6 Å². The quantitative estimate of drug-likeness (QED) is 0.600. The van der Waals surface area contributed by atoms with Crippen LogP contribution in [0.25, 0.3) is 12.2 Å². The van der Waals surface area contributed by atoms with E-state index in [-0.39, 0.29) is 17.5 Å². The first kappa shape index (κ1) is 20.7. The van der Waals surface area contributed by atoms with E-state index in [9.17, 15) is 9.90 Å². The Labute approximate surface area is 170 Å². The Bertz CT molecular complexity index is 907. The number of carbonyl (C=O) groups excluding carboxylic acids is 1. The molecular formula is C22H28ClN3O2. The number of alkyl halides is 1. The van der Waals surface area contributed by atoms with E-state index < -0.39 is 6.10 Å². The van der Waals surface area contributed by atoms with E-state index in [1.165, 1.54) is 0 Å². The van der Waals surface area contributed by atoms with Gasteiger partial charge in [-0.15, -0.1) is 0 Å². The second-order valence-corrected chi connectivity index (χ2v) is 7.88. The van der Waals surface area contributed by atoms with Crippen LogP contribution in [-0.4, -0.2) is 39.9 Å². The van der Waals surface area contributed by atoms with Crippen LogP contribution in [0.2, 0.25) is 0 Å². The van der Waals surface area contributed by atoms with Crippen molar-refractivity contribution in [2.75, 3.05) is 0 Å². The number of aromatic nitrogens is 1. The van der Waals surface area contributed by atoms with Gasteiger partial charge in [-0.2, -0.15) is 0 Å². The third kappa shape index (κ3) is 4.89. The standard InChI is InChI=1S/C22H28ClN3O2/c1-3-16-15(11-14-9-10-21(23)24-13-14)12-19(25-17(16)4-2)22(28)26-18-7-5-6-8-20(18)27/h3-4,9,12-13,18,20-21,27H,5-8,10-11H2,1-2H3,(H,26,28). The van der Waals surface area contributed by atoms with Crippen molar-refractivity contribution in [2.45, 2.75) is 70.0 Å². The van der Waals surface area contributed by atoms with Crippen molar-refractivity contribution in [1.29, 1.82) is 0 Å². The normalized spacial score (nSPS) is 26.3. The molecule has 1 aromatic rings. The SMILES string of the molecule is CC=c1nc(C(=O)NC2CCCCC2O)cc(CC2=CCC(Cl)N=C2)c1=CC. The summed E-state index contributed by atoms with van der Waals surface area (Å²) in [5, 5.41) is 15.0. The maximum Gasteiger partial charge on any atom is 0.270 e. The number of allylic oxidation sites excluding steroid dienone is 1. The number of nitrogens with one attached hydrogen (secondary N) is 1. The van der Waals surface area contributed by atoms with Crippen LogP contribution < -0.4 is 15.9 Å². The molecule has 1 aromatic heterocycles. The number of aliphatic hydroxyl groups excluding tert-OH is 1. The van der Waals surface area contributed by atoms with Crippen LogP contribution in [0.15, 0.2) is 22.7 Å². The van der Waals surface area contributed by atoms with E-state index >= 15 is 0 Å². The van der Waals surface area contributed by atoms with Gasteiger partial charge >= 0.3 is 0 Å². The van der Waals surface area contributed by atoms with Gasteiger partial charge in [-0.05, 0) is 55.5 Å². The Balaban J connectivity index is 1.90. The van der Waals surface area contributed by atoms with Crippen LogP contribution in [0.4, 0.5) is 0 Å². The van der Waals surface area contributed by atoms with Gasteiger partial charge in [0.25, 0.3) is 5.91 Å². The number of aliphatic imine (C=N–C) groups is 1. The molecule has 28 heavy (non-hydrogen) atoms. The molecule has 1 fully saturated rings. The van der Waals surface area contributed by atoms with Crippen molar-refractivity contribution in [2.24, 2.45) is 4.99 Å². The monoisotopic (exact) mass is 401 g/mol. The van der Waals surface area contributed by atoms with Gasteiger partial charge in [0.2, 0.25) is 0 Å². The van der Waals surface area contributed by atoms with Crippen LogP contribution in [0.5, 0.6) is 0 Å². The minimum absolute atomic E-state index is 0.193. The average Bonchev–Trinajstić information content (AvgIpc) is 2.70.